The summed E-state index contributed by atoms with van der Waals surface area (Å²) in [6.45, 7) is 4.97. The summed E-state index contributed by atoms with van der Waals surface area (Å²) in [7, 11) is 1.60. The number of rotatable bonds is 3. The van der Waals surface area contributed by atoms with Gasteiger partial charge >= 0.3 is 5.69 Å². The van der Waals surface area contributed by atoms with Gasteiger partial charge in [-0.2, -0.15) is 0 Å². The molecule has 1 aliphatic heterocycles. The largest absolute Gasteiger partial charge is 0.336 e. The number of H-pyrrole nitrogens is 2. The molecule has 0 aliphatic carbocycles. The highest BCUT2D eigenvalue weighted by atomic mass is 16.2. The predicted octanol–water partition coefficient (Wildman–Crippen LogP) is -1.60. The van der Waals surface area contributed by atoms with Gasteiger partial charge in [-0.15, -0.1) is 0 Å². The molecule has 1 saturated heterocycles. The van der Waals surface area contributed by atoms with Crippen molar-refractivity contribution in [2.24, 2.45) is 7.05 Å². The maximum atomic E-state index is 11.7. The molecule has 0 unspecified atom stereocenters. The summed E-state index contributed by atoms with van der Waals surface area (Å²) < 4.78 is 1.35. The van der Waals surface area contributed by atoms with Crippen molar-refractivity contribution in [3.63, 3.8) is 0 Å². The van der Waals surface area contributed by atoms with Gasteiger partial charge in [0.25, 0.3) is 5.56 Å². The summed E-state index contributed by atoms with van der Waals surface area (Å²) in [5.41, 5.74) is -0.0804. The van der Waals surface area contributed by atoms with Crippen LogP contribution in [0.3, 0.4) is 0 Å². The van der Waals surface area contributed by atoms with Crippen LogP contribution < -0.4 is 16.6 Å². The van der Waals surface area contributed by atoms with Gasteiger partial charge in [0.2, 0.25) is 0 Å². The Labute approximate surface area is 114 Å². The number of aryl methyl sites for hydroxylation is 1. The first kappa shape index (κ1) is 13.1. The van der Waals surface area contributed by atoms with Gasteiger partial charge in [0.05, 0.1) is 0 Å². The van der Waals surface area contributed by atoms with Crippen LogP contribution >= 0.6 is 0 Å². The van der Waals surface area contributed by atoms with Crippen molar-refractivity contribution >= 4 is 11.2 Å². The van der Waals surface area contributed by atoms with Gasteiger partial charge in [-0.3, -0.25) is 14.3 Å². The molecule has 3 heterocycles. The minimum absolute atomic E-state index is 0.363. The van der Waals surface area contributed by atoms with Gasteiger partial charge in [0, 0.05) is 46.2 Å². The Bertz CT molecular complexity index is 722. The number of hydrogen-bond donors (Lipinski definition) is 3. The first-order valence-electron chi connectivity index (χ1n) is 6.76. The second kappa shape index (κ2) is 5.22. The zero-order valence-electron chi connectivity index (χ0n) is 11.4. The lowest BCUT2D eigenvalue weighted by molar-refractivity contribution is 0.242. The third kappa shape index (κ3) is 2.39. The number of aromatic amines is 2. The van der Waals surface area contributed by atoms with Crippen LogP contribution in [-0.4, -0.2) is 57.1 Å². The van der Waals surface area contributed by atoms with E-state index in [1.54, 1.807) is 7.05 Å². The molecule has 0 atom stereocenters. The molecule has 2 aromatic rings. The van der Waals surface area contributed by atoms with E-state index in [1.807, 2.05) is 0 Å². The second-order valence-electron chi connectivity index (χ2n) is 5.04. The molecule has 0 radical (unpaired) electrons. The van der Waals surface area contributed by atoms with Gasteiger partial charge < -0.3 is 15.2 Å². The molecule has 0 bridgehead atoms. The Morgan fingerprint density at radius 2 is 1.95 bits per heavy atom. The van der Waals surface area contributed by atoms with E-state index in [9.17, 15) is 9.59 Å². The molecule has 0 saturated carbocycles. The SMILES string of the molecule is Cn1c(=O)[nH]c(=O)c2[nH]c(CCN3CCNCC3)nc21. The third-order valence-electron chi connectivity index (χ3n) is 3.68. The fourth-order valence-corrected chi connectivity index (χ4v) is 2.47. The van der Waals surface area contributed by atoms with E-state index in [1.165, 1.54) is 4.57 Å². The van der Waals surface area contributed by atoms with E-state index in [4.69, 9.17) is 0 Å². The highest BCUT2D eigenvalue weighted by Gasteiger charge is 2.13. The van der Waals surface area contributed by atoms with Gasteiger partial charge in [-0.25, -0.2) is 9.78 Å². The Morgan fingerprint density at radius 3 is 2.70 bits per heavy atom. The normalized spacial score (nSPS) is 16.9. The number of nitrogens with one attached hydrogen (secondary N) is 3. The second-order valence-corrected chi connectivity index (χ2v) is 5.04. The van der Waals surface area contributed by atoms with Crippen molar-refractivity contribution < 1.29 is 0 Å². The smallest absolute Gasteiger partial charge is 0.329 e. The first-order valence-corrected chi connectivity index (χ1v) is 6.76. The zero-order valence-corrected chi connectivity index (χ0v) is 11.4. The highest BCUT2D eigenvalue weighted by Crippen LogP contribution is 2.05. The number of aromatic nitrogens is 4. The van der Waals surface area contributed by atoms with Crippen molar-refractivity contribution in [1.29, 1.82) is 0 Å². The molecule has 3 rings (SSSR count). The third-order valence-corrected chi connectivity index (χ3v) is 3.68. The van der Waals surface area contributed by atoms with E-state index < -0.39 is 11.2 Å². The molecular formula is C12H18N6O2. The van der Waals surface area contributed by atoms with E-state index in [-0.39, 0.29) is 0 Å². The molecule has 0 spiro atoms. The lowest BCUT2D eigenvalue weighted by Crippen LogP contribution is -2.44. The minimum atomic E-state index is -0.442. The number of imidazole rings is 1. The molecule has 0 amide bonds. The molecule has 2 aromatic heterocycles. The number of hydrogen-bond acceptors (Lipinski definition) is 5. The molecule has 1 fully saturated rings. The molecule has 3 N–H and O–H groups in total. The average molecular weight is 278 g/mol. The molecule has 8 heteroatoms. The maximum Gasteiger partial charge on any atom is 0.329 e. The fraction of sp³-hybridized carbons (Fsp3) is 0.583. The van der Waals surface area contributed by atoms with Crippen LogP contribution in [0.25, 0.3) is 11.2 Å². The van der Waals surface area contributed by atoms with Crippen LogP contribution in [0.2, 0.25) is 0 Å². The Balaban J connectivity index is 1.82. The molecular weight excluding hydrogens is 260 g/mol. The highest BCUT2D eigenvalue weighted by molar-refractivity contribution is 5.69. The zero-order chi connectivity index (χ0) is 14.1. The molecule has 1 aliphatic rings. The monoisotopic (exact) mass is 278 g/mol. The summed E-state index contributed by atoms with van der Waals surface area (Å²) in [6.07, 6.45) is 0.738. The summed E-state index contributed by atoms with van der Waals surface area (Å²) >= 11 is 0. The van der Waals surface area contributed by atoms with Crippen molar-refractivity contribution in [3.8, 4) is 0 Å². The van der Waals surface area contributed by atoms with Crippen LogP contribution in [0.4, 0.5) is 0 Å². The van der Waals surface area contributed by atoms with E-state index in [0.717, 1.165) is 45.0 Å². The van der Waals surface area contributed by atoms with Crippen molar-refractivity contribution in [2.45, 2.75) is 6.42 Å². The number of nitrogens with zero attached hydrogens (tertiary/aromatic N) is 3. The lowest BCUT2D eigenvalue weighted by atomic mass is 10.3. The Hall–Kier alpha value is -1.93. The van der Waals surface area contributed by atoms with E-state index >= 15 is 0 Å². The van der Waals surface area contributed by atoms with Crippen LogP contribution in [0.5, 0.6) is 0 Å². The van der Waals surface area contributed by atoms with Crippen molar-refractivity contribution in [1.82, 2.24) is 29.7 Å². The summed E-state index contributed by atoms with van der Waals surface area (Å²) in [4.78, 5) is 35.2. The average Bonchev–Trinajstić information content (AvgIpc) is 2.89. The quantitative estimate of drug-likeness (QED) is 0.628. The molecule has 108 valence electrons. The predicted molar refractivity (Wildman–Crippen MR) is 75.0 cm³/mol. The van der Waals surface area contributed by atoms with Crippen molar-refractivity contribution in [2.75, 3.05) is 32.7 Å². The van der Waals surface area contributed by atoms with Crippen molar-refractivity contribution in [3.05, 3.63) is 26.7 Å². The first-order chi connectivity index (χ1) is 9.65. The van der Waals surface area contributed by atoms with Crippen LogP contribution in [0.15, 0.2) is 9.59 Å². The Morgan fingerprint density at radius 1 is 1.20 bits per heavy atom. The molecule has 0 aromatic carbocycles. The van der Waals surface area contributed by atoms with Gasteiger partial charge in [0.1, 0.15) is 11.3 Å². The molecule has 20 heavy (non-hydrogen) atoms. The van der Waals surface area contributed by atoms with Crippen LogP contribution in [0, 0.1) is 0 Å². The fourth-order valence-electron chi connectivity index (χ4n) is 2.47. The topological polar surface area (TPSA) is 98.8 Å². The molecule has 8 nitrogen and oxygen atoms in total. The van der Waals surface area contributed by atoms with Gasteiger partial charge in [0.15, 0.2) is 5.65 Å². The van der Waals surface area contributed by atoms with Crippen LogP contribution in [0.1, 0.15) is 5.82 Å². The standard InChI is InChI=1S/C12H18N6O2/c1-17-10-9(11(19)16-12(17)20)14-8(15-10)2-5-18-6-3-13-4-7-18/h13H,2-7H2,1H3,(H,14,15)(H,16,19,20). The van der Waals surface area contributed by atoms with E-state index in [2.05, 4.69) is 25.2 Å². The number of fused-ring (bicyclic) bond motifs is 1. The number of piperazine rings is 1. The lowest BCUT2D eigenvalue weighted by Gasteiger charge is -2.26. The van der Waals surface area contributed by atoms with Crippen LogP contribution in [-0.2, 0) is 13.5 Å². The van der Waals surface area contributed by atoms with E-state index in [0.29, 0.717) is 11.2 Å². The van der Waals surface area contributed by atoms with Gasteiger partial charge in [-0.05, 0) is 0 Å². The van der Waals surface area contributed by atoms with Gasteiger partial charge in [-0.1, -0.05) is 0 Å². The summed E-state index contributed by atoms with van der Waals surface area (Å²) in [5.74, 6) is 0.741. The summed E-state index contributed by atoms with van der Waals surface area (Å²) in [6, 6.07) is 0. The Kier molecular flexibility index (Phi) is 3.41. The maximum absolute atomic E-state index is 11.7. The summed E-state index contributed by atoms with van der Waals surface area (Å²) in [5, 5.41) is 3.31. The minimum Gasteiger partial charge on any atom is -0.336 e.